The van der Waals surface area contributed by atoms with Crippen LogP contribution in [0.5, 0.6) is 5.75 Å². The van der Waals surface area contributed by atoms with Gasteiger partial charge < -0.3 is 34.6 Å². The molecule has 1 aromatic carbocycles. The van der Waals surface area contributed by atoms with Crippen LogP contribution in [0, 0.1) is 19.8 Å². The molecule has 0 bridgehead atoms. The first-order valence-electron chi connectivity index (χ1n) is 15.7. The summed E-state index contributed by atoms with van der Waals surface area (Å²) in [4.78, 5) is 28.8. The third kappa shape index (κ3) is 9.11. The molecule has 13 nitrogen and oxygen atoms in total. The molecule has 0 spiro atoms. The van der Waals surface area contributed by atoms with Crippen molar-refractivity contribution in [2.75, 3.05) is 44.0 Å². The number of anilines is 2. The van der Waals surface area contributed by atoms with Gasteiger partial charge in [0, 0.05) is 38.3 Å². The van der Waals surface area contributed by atoms with Crippen LogP contribution in [0.1, 0.15) is 61.8 Å². The van der Waals surface area contributed by atoms with E-state index in [1.807, 2.05) is 13.8 Å². The molecule has 0 radical (unpaired) electrons. The molecule has 3 amide bonds. The van der Waals surface area contributed by atoms with Crippen LogP contribution < -0.4 is 15.4 Å². The average molecular weight is 692 g/mol. The molecule has 15 heteroatoms. The standard InChI is InChI=1S/C32H45N5O8S2/c1-20-17-37(21(2)19-38)31(39)26-16-25(33-32(40)34-30-23(4)35-45-24(30)5)12-13-27(26)44-22(3)10-7-8-14-43-28(20)18-36(6)47(41,42)29-11-9-15-46-29/h9,11-13,15-16,20-22,28,38H,7-8,10,14,17-19H2,1-6H3,(H2,33,34,40)/t20-,21-,22+,28+/m0/s1. The largest absolute Gasteiger partial charge is 0.490 e. The zero-order valence-electron chi connectivity index (χ0n) is 27.7. The Balaban J connectivity index is 1.63. The van der Waals surface area contributed by atoms with E-state index < -0.39 is 34.1 Å². The van der Waals surface area contributed by atoms with Crippen LogP contribution in [0.4, 0.5) is 16.2 Å². The number of aliphatic hydroxyl groups excluding tert-OH is 1. The number of nitrogens with one attached hydrogen (secondary N) is 2. The molecule has 3 heterocycles. The zero-order valence-corrected chi connectivity index (χ0v) is 29.3. The molecule has 3 aromatic rings. The molecule has 3 N–H and O–H groups in total. The highest BCUT2D eigenvalue weighted by Gasteiger charge is 2.32. The smallest absolute Gasteiger partial charge is 0.323 e. The second-order valence-corrected chi connectivity index (χ2v) is 15.2. The van der Waals surface area contributed by atoms with Crippen molar-refractivity contribution in [2.45, 2.75) is 76.3 Å². The summed E-state index contributed by atoms with van der Waals surface area (Å²) in [5, 5.41) is 21.3. The number of ether oxygens (including phenoxy) is 2. The fraction of sp³-hybridized carbons (Fsp3) is 0.531. The first-order valence-corrected chi connectivity index (χ1v) is 18.0. The molecule has 4 rings (SSSR count). The van der Waals surface area contributed by atoms with E-state index in [9.17, 15) is 23.1 Å². The Kier molecular flexibility index (Phi) is 12.4. The number of aryl methyl sites for hydroxylation is 2. The fourth-order valence-electron chi connectivity index (χ4n) is 5.32. The number of benzene rings is 1. The third-order valence-electron chi connectivity index (χ3n) is 8.18. The summed E-state index contributed by atoms with van der Waals surface area (Å²) in [5.41, 5.74) is 1.55. The van der Waals surface area contributed by atoms with Crippen molar-refractivity contribution in [3.8, 4) is 5.75 Å². The van der Waals surface area contributed by atoms with E-state index in [1.54, 1.807) is 61.4 Å². The number of carbonyl (C=O) groups is 2. The lowest BCUT2D eigenvalue weighted by Gasteiger charge is -2.35. The highest BCUT2D eigenvalue weighted by atomic mass is 32.2. The van der Waals surface area contributed by atoms with Gasteiger partial charge in [-0.2, -0.15) is 4.31 Å². The maximum atomic E-state index is 14.3. The van der Waals surface area contributed by atoms with E-state index in [2.05, 4.69) is 15.8 Å². The number of sulfonamides is 1. The van der Waals surface area contributed by atoms with Gasteiger partial charge in [0.25, 0.3) is 15.9 Å². The summed E-state index contributed by atoms with van der Waals surface area (Å²) in [5.74, 6) is 0.0847. The molecule has 0 saturated carbocycles. The summed E-state index contributed by atoms with van der Waals surface area (Å²) < 4.78 is 45.7. The molecule has 258 valence electrons. The molecule has 0 saturated heterocycles. The molecule has 1 aliphatic rings. The second kappa shape index (κ2) is 16.1. The van der Waals surface area contributed by atoms with Crippen LogP contribution in [0.25, 0.3) is 0 Å². The molecule has 47 heavy (non-hydrogen) atoms. The van der Waals surface area contributed by atoms with Gasteiger partial charge in [-0.05, 0) is 76.6 Å². The van der Waals surface area contributed by atoms with Crippen LogP contribution in [-0.2, 0) is 14.8 Å². The third-order valence-corrected chi connectivity index (χ3v) is 11.4. The number of aliphatic hydroxyl groups is 1. The fourth-order valence-corrected chi connectivity index (χ4v) is 7.70. The minimum Gasteiger partial charge on any atom is -0.490 e. The van der Waals surface area contributed by atoms with Crippen LogP contribution in [0.2, 0.25) is 0 Å². The molecule has 0 unspecified atom stereocenters. The Hall–Kier alpha value is -3.50. The number of urea groups is 1. The van der Waals surface area contributed by atoms with Gasteiger partial charge in [0.1, 0.15) is 21.3 Å². The highest BCUT2D eigenvalue weighted by molar-refractivity contribution is 7.91. The second-order valence-electron chi connectivity index (χ2n) is 12.0. The van der Waals surface area contributed by atoms with Crippen molar-refractivity contribution in [3.05, 3.63) is 52.7 Å². The summed E-state index contributed by atoms with van der Waals surface area (Å²) in [6.45, 7) is 9.33. The van der Waals surface area contributed by atoms with Gasteiger partial charge in [-0.1, -0.05) is 18.1 Å². The van der Waals surface area contributed by atoms with Crippen molar-refractivity contribution in [1.29, 1.82) is 0 Å². The van der Waals surface area contributed by atoms with Crippen molar-refractivity contribution in [2.24, 2.45) is 5.92 Å². The SMILES string of the molecule is Cc1noc(C)c1NC(=O)Nc1ccc2c(c1)C(=O)N([C@@H](C)CO)C[C@H](C)[C@@H](CN(C)S(=O)(=O)c1cccs1)OCCCC[C@@H](C)O2. The molecule has 4 atom stereocenters. The van der Waals surface area contributed by atoms with Crippen LogP contribution >= 0.6 is 11.3 Å². The van der Waals surface area contributed by atoms with Gasteiger partial charge in [-0.3, -0.25) is 4.79 Å². The number of rotatable bonds is 8. The number of nitrogens with zero attached hydrogens (tertiary/aromatic N) is 3. The maximum absolute atomic E-state index is 14.3. The van der Waals surface area contributed by atoms with E-state index in [1.165, 1.54) is 11.4 Å². The summed E-state index contributed by atoms with van der Waals surface area (Å²) in [7, 11) is -2.19. The van der Waals surface area contributed by atoms with Crippen molar-refractivity contribution < 1.29 is 37.1 Å². The normalized spacial score (nSPS) is 20.6. The lowest BCUT2D eigenvalue weighted by molar-refractivity contribution is -0.00832. The molecule has 0 aliphatic carbocycles. The molecular weight excluding hydrogens is 647 g/mol. The van der Waals surface area contributed by atoms with Gasteiger partial charge in [-0.15, -0.1) is 11.3 Å². The van der Waals surface area contributed by atoms with Crippen molar-refractivity contribution in [3.63, 3.8) is 0 Å². The van der Waals surface area contributed by atoms with E-state index in [4.69, 9.17) is 14.0 Å². The van der Waals surface area contributed by atoms with Gasteiger partial charge in [0.2, 0.25) is 0 Å². The first-order chi connectivity index (χ1) is 22.3. The van der Waals surface area contributed by atoms with Crippen molar-refractivity contribution in [1.82, 2.24) is 14.4 Å². The molecular formula is C32H45N5O8S2. The zero-order chi connectivity index (χ0) is 34.3. The van der Waals surface area contributed by atoms with Gasteiger partial charge in [0.05, 0.1) is 30.4 Å². The Morgan fingerprint density at radius 1 is 1.21 bits per heavy atom. The summed E-state index contributed by atoms with van der Waals surface area (Å²) in [6, 6.07) is 7.00. The Bertz CT molecular complexity index is 1590. The van der Waals surface area contributed by atoms with E-state index >= 15 is 0 Å². The quantitative estimate of drug-likeness (QED) is 0.291. The Morgan fingerprint density at radius 3 is 2.64 bits per heavy atom. The summed E-state index contributed by atoms with van der Waals surface area (Å²) in [6.07, 6.45) is 1.47. The lowest BCUT2D eigenvalue weighted by Crippen LogP contribution is -2.48. The first kappa shape index (κ1) is 36.3. The maximum Gasteiger partial charge on any atom is 0.323 e. The van der Waals surface area contributed by atoms with Gasteiger partial charge in [0.15, 0.2) is 5.76 Å². The van der Waals surface area contributed by atoms with E-state index in [0.29, 0.717) is 41.6 Å². The summed E-state index contributed by atoms with van der Waals surface area (Å²) >= 11 is 1.15. The van der Waals surface area contributed by atoms with Crippen LogP contribution in [0.3, 0.4) is 0 Å². The molecule has 1 aliphatic heterocycles. The minimum atomic E-state index is -3.72. The van der Waals surface area contributed by atoms with E-state index in [-0.39, 0.29) is 41.5 Å². The van der Waals surface area contributed by atoms with Gasteiger partial charge >= 0.3 is 6.03 Å². The highest BCUT2D eigenvalue weighted by Crippen LogP contribution is 2.29. The predicted octanol–water partition coefficient (Wildman–Crippen LogP) is 5.11. The number of carbonyl (C=O) groups excluding carboxylic acids is 2. The Morgan fingerprint density at radius 2 is 1.98 bits per heavy atom. The predicted molar refractivity (Wildman–Crippen MR) is 180 cm³/mol. The minimum absolute atomic E-state index is 0.0847. The number of amides is 3. The van der Waals surface area contributed by atoms with Crippen LogP contribution in [0.15, 0.2) is 44.4 Å². The molecule has 0 fully saturated rings. The van der Waals surface area contributed by atoms with Crippen LogP contribution in [-0.4, -0.2) is 91.4 Å². The number of likely N-dealkylation sites (N-methyl/N-ethyl adjacent to an activating group) is 1. The topological polar surface area (TPSA) is 164 Å². The number of hydrogen-bond donors (Lipinski definition) is 3. The monoisotopic (exact) mass is 691 g/mol. The van der Waals surface area contributed by atoms with Crippen molar-refractivity contribution >= 4 is 44.7 Å². The lowest BCUT2D eigenvalue weighted by atomic mass is 10.0. The Labute approximate surface area is 280 Å². The number of thiophene rings is 1. The number of hydrogen-bond acceptors (Lipinski definition) is 10. The average Bonchev–Trinajstić information content (AvgIpc) is 3.69. The molecule has 2 aromatic heterocycles. The number of aromatic nitrogens is 1. The number of fused-ring (bicyclic) bond motifs is 1. The van der Waals surface area contributed by atoms with Gasteiger partial charge in [-0.25, -0.2) is 13.2 Å². The van der Waals surface area contributed by atoms with E-state index in [0.717, 1.165) is 24.2 Å².